The van der Waals surface area contributed by atoms with Crippen molar-refractivity contribution in [2.45, 2.75) is 12.7 Å². The average Bonchev–Trinajstić information content (AvgIpc) is 2.17. The molecule has 2 nitrogen and oxygen atoms in total. The maximum Gasteiger partial charge on any atom is 0.484 e. The number of halogens is 3. The zero-order valence-electron chi connectivity index (χ0n) is 7.71. The Morgan fingerprint density at radius 2 is 1.87 bits per heavy atom. The van der Waals surface area contributed by atoms with E-state index in [9.17, 15) is 18.0 Å². The lowest BCUT2D eigenvalue weighted by Crippen LogP contribution is -2.42. The molecule has 0 amide bonds. The fourth-order valence-electron chi connectivity index (χ4n) is 1.68. The maximum absolute atomic E-state index is 12.6. The van der Waals surface area contributed by atoms with E-state index in [1.54, 1.807) is 6.07 Å². The van der Waals surface area contributed by atoms with Crippen LogP contribution in [0.1, 0.15) is 16.8 Å². The number of hydrogen-bond donors (Lipinski definition) is 0. The van der Waals surface area contributed by atoms with Gasteiger partial charge in [-0.1, -0.05) is 12.1 Å². The van der Waals surface area contributed by atoms with Crippen molar-refractivity contribution in [2.75, 3.05) is 11.4 Å². The van der Waals surface area contributed by atoms with Gasteiger partial charge >= 0.3 is 6.30 Å². The molecule has 0 radical (unpaired) electrons. The second-order valence-electron chi connectivity index (χ2n) is 3.31. The average molecular weight is 215 g/mol. The van der Waals surface area contributed by atoms with Crippen LogP contribution < -0.4 is 4.90 Å². The molecule has 1 aromatic carbocycles. The van der Waals surface area contributed by atoms with Crippen molar-refractivity contribution in [1.82, 2.24) is 0 Å². The van der Waals surface area contributed by atoms with Crippen LogP contribution in [0.15, 0.2) is 24.3 Å². The molecule has 0 saturated carbocycles. The second-order valence-corrected chi connectivity index (χ2v) is 3.31. The third-order valence-corrected chi connectivity index (χ3v) is 2.36. The van der Waals surface area contributed by atoms with E-state index < -0.39 is 6.30 Å². The minimum Gasteiger partial charge on any atom is -0.294 e. The molecule has 1 aliphatic heterocycles. The van der Waals surface area contributed by atoms with Crippen molar-refractivity contribution in [3.8, 4) is 0 Å². The molecule has 1 aromatic rings. The number of ketones is 1. The number of rotatable bonds is 0. The first-order valence-electron chi connectivity index (χ1n) is 4.47. The Morgan fingerprint density at radius 3 is 2.53 bits per heavy atom. The molecule has 2 rings (SSSR count). The highest BCUT2D eigenvalue weighted by Crippen LogP contribution is 2.34. The van der Waals surface area contributed by atoms with Gasteiger partial charge in [0.1, 0.15) is 0 Å². The molecule has 5 heteroatoms. The molecule has 0 spiro atoms. The van der Waals surface area contributed by atoms with Gasteiger partial charge in [-0.15, -0.1) is 0 Å². The number of alkyl halides is 3. The van der Waals surface area contributed by atoms with Crippen molar-refractivity contribution in [2.24, 2.45) is 0 Å². The number of hydrogen-bond acceptors (Lipinski definition) is 2. The van der Waals surface area contributed by atoms with E-state index >= 15 is 0 Å². The Kier molecular flexibility index (Phi) is 2.17. The van der Waals surface area contributed by atoms with Crippen LogP contribution in [-0.2, 0) is 0 Å². The summed E-state index contributed by atoms with van der Waals surface area (Å²) in [6.45, 7) is -0.292. The number of carbonyl (C=O) groups excluding carboxylic acids is 1. The Morgan fingerprint density at radius 1 is 1.20 bits per heavy atom. The lowest BCUT2D eigenvalue weighted by Gasteiger charge is -2.31. The minimum absolute atomic E-state index is 0.0405. The van der Waals surface area contributed by atoms with Gasteiger partial charge in [-0.25, -0.2) is 0 Å². The number of anilines is 1. The first kappa shape index (κ1) is 10.0. The lowest BCUT2D eigenvalue weighted by atomic mass is 10.0. The molecular formula is C10H8F3NO. The van der Waals surface area contributed by atoms with Crippen molar-refractivity contribution in [1.29, 1.82) is 0 Å². The number of fused-ring (bicyclic) bond motifs is 1. The van der Waals surface area contributed by atoms with Crippen LogP contribution in [0.2, 0.25) is 0 Å². The minimum atomic E-state index is -4.42. The molecule has 80 valence electrons. The van der Waals surface area contributed by atoms with E-state index in [-0.39, 0.29) is 30.0 Å². The molecule has 0 N–H and O–H groups in total. The normalized spacial score (nSPS) is 16.5. The molecule has 15 heavy (non-hydrogen) atoms. The Bertz CT molecular complexity index is 400. The fourth-order valence-corrected chi connectivity index (χ4v) is 1.68. The highest BCUT2D eigenvalue weighted by molar-refractivity contribution is 6.03. The predicted octanol–water partition coefficient (Wildman–Crippen LogP) is 2.60. The van der Waals surface area contributed by atoms with Gasteiger partial charge in [-0.3, -0.25) is 9.69 Å². The quantitative estimate of drug-likeness (QED) is 0.620. The largest absolute Gasteiger partial charge is 0.484 e. The molecule has 1 heterocycles. The SMILES string of the molecule is O=C1CCN(C(F)(F)F)c2ccccc21. The van der Waals surface area contributed by atoms with Gasteiger partial charge in [-0.05, 0) is 12.1 Å². The second kappa shape index (κ2) is 3.25. The summed E-state index contributed by atoms with van der Waals surface area (Å²) in [5, 5.41) is 0. The van der Waals surface area contributed by atoms with E-state index in [2.05, 4.69) is 0 Å². The monoisotopic (exact) mass is 215 g/mol. The smallest absolute Gasteiger partial charge is 0.294 e. The highest BCUT2D eigenvalue weighted by atomic mass is 19.4. The molecule has 0 fully saturated rings. The topological polar surface area (TPSA) is 20.3 Å². The summed E-state index contributed by atoms with van der Waals surface area (Å²) < 4.78 is 37.7. The Balaban J connectivity index is 2.50. The molecule has 1 aliphatic rings. The summed E-state index contributed by atoms with van der Waals surface area (Å²) in [6.07, 6.45) is -4.51. The Hall–Kier alpha value is -1.52. The fraction of sp³-hybridized carbons (Fsp3) is 0.300. The van der Waals surface area contributed by atoms with Gasteiger partial charge in [0.25, 0.3) is 0 Å². The van der Waals surface area contributed by atoms with Crippen molar-refractivity contribution in [3.63, 3.8) is 0 Å². The summed E-state index contributed by atoms with van der Waals surface area (Å²) in [5.41, 5.74) is 0.113. The first-order chi connectivity index (χ1) is 7.00. The van der Waals surface area contributed by atoms with Crippen LogP contribution in [0.25, 0.3) is 0 Å². The maximum atomic E-state index is 12.6. The summed E-state index contributed by atoms with van der Waals surface area (Å²) >= 11 is 0. The van der Waals surface area contributed by atoms with Crippen LogP contribution in [0.3, 0.4) is 0 Å². The molecule has 0 atom stereocenters. The summed E-state index contributed by atoms with van der Waals surface area (Å²) in [6, 6.07) is 5.81. The van der Waals surface area contributed by atoms with Gasteiger partial charge in [0.15, 0.2) is 5.78 Å². The lowest BCUT2D eigenvalue weighted by molar-refractivity contribution is -0.129. The van der Waals surface area contributed by atoms with E-state index in [1.807, 2.05) is 0 Å². The van der Waals surface area contributed by atoms with Crippen molar-refractivity contribution < 1.29 is 18.0 Å². The molecule has 0 aliphatic carbocycles. The van der Waals surface area contributed by atoms with Crippen molar-refractivity contribution >= 4 is 11.5 Å². The molecular weight excluding hydrogens is 207 g/mol. The van der Waals surface area contributed by atoms with E-state index in [4.69, 9.17) is 0 Å². The van der Waals surface area contributed by atoms with Crippen LogP contribution >= 0.6 is 0 Å². The van der Waals surface area contributed by atoms with Gasteiger partial charge < -0.3 is 0 Å². The Labute approximate surface area is 84.3 Å². The number of carbonyl (C=O) groups is 1. The molecule has 0 bridgehead atoms. The summed E-state index contributed by atoms with van der Waals surface area (Å²) in [7, 11) is 0. The number of benzene rings is 1. The van der Waals surface area contributed by atoms with Gasteiger partial charge in [-0.2, -0.15) is 13.2 Å². The molecule has 0 aromatic heterocycles. The third kappa shape index (κ3) is 1.69. The first-order valence-corrected chi connectivity index (χ1v) is 4.47. The predicted molar refractivity (Wildman–Crippen MR) is 48.8 cm³/mol. The summed E-state index contributed by atoms with van der Waals surface area (Å²) in [5.74, 6) is -0.230. The van der Waals surface area contributed by atoms with Crippen LogP contribution in [0.4, 0.5) is 18.9 Å². The molecule has 0 unspecified atom stereocenters. The number of para-hydroxylation sites is 1. The molecule has 0 saturated heterocycles. The zero-order chi connectivity index (χ0) is 11.1. The van der Waals surface area contributed by atoms with Gasteiger partial charge in [0.05, 0.1) is 5.69 Å². The zero-order valence-corrected chi connectivity index (χ0v) is 7.71. The van der Waals surface area contributed by atoms with E-state index in [1.165, 1.54) is 18.2 Å². The number of nitrogens with zero attached hydrogens (tertiary/aromatic N) is 1. The third-order valence-electron chi connectivity index (χ3n) is 2.36. The van der Waals surface area contributed by atoms with E-state index in [0.29, 0.717) is 4.90 Å². The highest BCUT2D eigenvalue weighted by Gasteiger charge is 2.41. The summed E-state index contributed by atoms with van der Waals surface area (Å²) in [4.78, 5) is 11.7. The van der Waals surface area contributed by atoms with Crippen LogP contribution in [-0.4, -0.2) is 18.6 Å². The van der Waals surface area contributed by atoms with Crippen molar-refractivity contribution in [3.05, 3.63) is 29.8 Å². The van der Waals surface area contributed by atoms with E-state index in [0.717, 1.165) is 0 Å². The number of Topliss-reactive ketones (excluding diaryl/α,β-unsaturated/α-hetero) is 1. The standard InChI is InChI=1S/C10H8F3NO/c11-10(12,13)14-6-5-9(15)7-3-1-2-4-8(7)14/h1-4H,5-6H2. The van der Waals surface area contributed by atoms with Crippen LogP contribution in [0.5, 0.6) is 0 Å². The van der Waals surface area contributed by atoms with Gasteiger partial charge in [0, 0.05) is 18.5 Å². The van der Waals surface area contributed by atoms with Gasteiger partial charge in [0.2, 0.25) is 0 Å². The van der Waals surface area contributed by atoms with Crippen LogP contribution in [0, 0.1) is 0 Å².